The van der Waals surface area contributed by atoms with E-state index in [0.29, 0.717) is 17.0 Å². The highest BCUT2D eigenvalue weighted by Crippen LogP contribution is 2.44. The highest BCUT2D eigenvalue weighted by molar-refractivity contribution is 6.51. The van der Waals surface area contributed by atoms with Gasteiger partial charge >= 0.3 is 0 Å². The normalized spacial score (nSPS) is 17.2. The first-order valence-electron chi connectivity index (χ1n) is 10.3. The second kappa shape index (κ2) is 9.41. The number of carbonyl (C=O) groups excluding carboxylic acids is 2. The Morgan fingerprint density at radius 1 is 0.941 bits per heavy atom. The van der Waals surface area contributed by atoms with Gasteiger partial charge in [0.05, 0.1) is 35.9 Å². The lowest BCUT2D eigenvalue weighted by molar-refractivity contribution is -0.132. The van der Waals surface area contributed by atoms with E-state index in [9.17, 15) is 14.7 Å². The number of hydrogen-bond acceptors (Lipinski definition) is 5. The lowest BCUT2D eigenvalue weighted by Crippen LogP contribution is -2.29. The summed E-state index contributed by atoms with van der Waals surface area (Å²) >= 11 is 12.5. The van der Waals surface area contributed by atoms with Crippen molar-refractivity contribution >= 4 is 46.3 Å². The predicted octanol–water partition coefficient (Wildman–Crippen LogP) is 5.95. The molecule has 0 spiro atoms. The van der Waals surface area contributed by atoms with Gasteiger partial charge < -0.3 is 14.6 Å². The topological polar surface area (TPSA) is 76.1 Å². The molecule has 1 heterocycles. The average Bonchev–Trinajstić information content (AvgIpc) is 3.09. The molecule has 1 aliphatic heterocycles. The number of benzene rings is 3. The van der Waals surface area contributed by atoms with E-state index in [0.717, 1.165) is 5.56 Å². The molecule has 0 aliphatic carbocycles. The number of rotatable bonds is 5. The number of halogens is 2. The van der Waals surface area contributed by atoms with Gasteiger partial charge in [-0.3, -0.25) is 14.5 Å². The molecule has 34 heavy (non-hydrogen) atoms. The van der Waals surface area contributed by atoms with Gasteiger partial charge in [0.25, 0.3) is 11.7 Å². The SMILES string of the molecule is COc1ccc(N2C(=O)C(=O)/C(=C(/O)c3cc(Cl)c(OC)c(Cl)c3)C2c2cccc(C)c2)cc1. The maximum atomic E-state index is 13.3. The summed E-state index contributed by atoms with van der Waals surface area (Å²) in [5.41, 5.74) is 2.22. The summed E-state index contributed by atoms with van der Waals surface area (Å²) in [7, 11) is 2.96. The molecule has 0 bridgehead atoms. The summed E-state index contributed by atoms with van der Waals surface area (Å²) in [5.74, 6) is -1.11. The maximum absolute atomic E-state index is 13.3. The molecule has 6 nitrogen and oxygen atoms in total. The zero-order chi connectivity index (χ0) is 24.6. The van der Waals surface area contributed by atoms with Gasteiger partial charge in [-0.2, -0.15) is 0 Å². The van der Waals surface area contributed by atoms with Crippen LogP contribution >= 0.6 is 23.2 Å². The Morgan fingerprint density at radius 2 is 1.59 bits per heavy atom. The lowest BCUT2D eigenvalue weighted by Gasteiger charge is -2.26. The van der Waals surface area contributed by atoms with Crippen LogP contribution in [0, 0.1) is 6.92 Å². The Bertz CT molecular complexity index is 1290. The molecule has 0 aromatic heterocycles. The van der Waals surface area contributed by atoms with E-state index in [1.807, 2.05) is 25.1 Å². The van der Waals surface area contributed by atoms with Gasteiger partial charge in [0.2, 0.25) is 0 Å². The van der Waals surface area contributed by atoms with Crippen LogP contribution in [0.2, 0.25) is 10.0 Å². The number of hydrogen-bond donors (Lipinski definition) is 1. The van der Waals surface area contributed by atoms with Crippen molar-refractivity contribution in [1.29, 1.82) is 0 Å². The number of carbonyl (C=O) groups is 2. The van der Waals surface area contributed by atoms with E-state index < -0.39 is 17.7 Å². The van der Waals surface area contributed by atoms with Crippen molar-refractivity contribution in [3.8, 4) is 11.5 Å². The van der Waals surface area contributed by atoms with Gasteiger partial charge in [0, 0.05) is 11.3 Å². The van der Waals surface area contributed by atoms with Crippen molar-refractivity contribution in [1.82, 2.24) is 0 Å². The molecule has 0 radical (unpaired) electrons. The molecule has 1 unspecified atom stereocenters. The third-order valence-corrected chi connectivity index (χ3v) is 6.19. The third kappa shape index (κ3) is 4.11. The number of aliphatic hydroxyl groups excluding tert-OH is 1. The van der Waals surface area contributed by atoms with Crippen LogP contribution in [0.3, 0.4) is 0 Å². The monoisotopic (exact) mass is 497 g/mol. The minimum Gasteiger partial charge on any atom is -0.507 e. The average molecular weight is 498 g/mol. The van der Waals surface area contributed by atoms with Crippen LogP contribution in [0.4, 0.5) is 5.69 Å². The van der Waals surface area contributed by atoms with Crippen LogP contribution in [0.5, 0.6) is 11.5 Å². The Hall–Kier alpha value is -3.48. The number of anilines is 1. The largest absolute Gasteiger partial charge is 0.507 e. The second-order valence-electron chi connectivity index (χ2n) is 7.75. The molecular formula is C26H21Cl2NO5. The van der Waals surface area contributed by atoms with Crippen LogP contribution in [-0.4, -0.2) is 31.0 Å². The Morgan fingerprint density at radius 3 is 2.15 bits per heavy atom. The molecule has 8 heteroatoms. The van der Waals surface area contributed by atoms with Crippen molar-refractivity contribution in [2.24, 2.45) is 0 Å². The number of methoxy groups -OCH3 is 2. The number of amides is 1. The Balaban J connectivity index is 1.95. The van der Waals surface area contributed by atoms with E-state index in [-0.39, 0.29) is 32.7 Å². The smallest absolute Gasteiger partial charge is 0.300 e. The summed E-state index contributed by atoms with van der Waals surface area (Å²) in [6.45, 7) is 1.91. The van der Waals surface area contributed by atoms with Crippen molar-refractivity contribution in [3.05, 3.63) is 93.0 Å². The zero-order valence-corrected chi connectivity index (χ0v) is 20.1. The summed E-state index contributed by atoms with van der Waals surface area (Å²) in [5, 5.41) is 11.6. The van der Waals surface area contributed by atoms with Gasteiger partial charge in [-0.1, -0.05) is 53.0 Å². The fourth-order valence-electron chi connectivity index (χ4n) is 4.04. The highest BCUT2D eigenvalue weighted by Gasteiger charge is 2.47. The molecule has 1 atom stereocenters. The zero-order valence-electron chi connectivity index (χ0n) is 18.6. The first kappa shape index (κ1) is 23.7. The van der Waals surface area contributed by atoms with E-state index in [1.165, 1.54) is 24.1 Å². The minimum atomic E-state index is -0.868. The van der Waals surface area contributed by atoms with Crippen LogP contribution in [0.25, 0.3) is 5.76 Å². The number of aryl methyl sites for hydroxylation is 1. The Kier molecular flexibility index (Phi) is 6.55. The van der Waals surface area contributed by atoms with Crippen LogP contribution in [0.15, 0.2) is 66.2 Å². The van der Waals surface area contributed by atoms with Crippen molar-refractivity contribution in [3.63, 3.8) is 0 Å². The van der Waals surface area contributed by atoms with Crippen LogP contribution in [-0.2, 0) is 9.59 Å². The fraction of sp³-hybridized carbons (Fsp3) is 0.154. The van der Waals surface area contributed by atoms with Crippen molar-refractivity contribution in [2.75, 3.05) is 19.1 Å². The van der Waals surface area contributed by atoms with E-state index in [2.05, 4.69) is 0 Å². The molecule has 1 aliphatic rings. The van der Waals surface area contributed by atoms with Crippen LogP contribution < -0.4 is 14.4 Å². The van der Waals surface area contributed by atoms with Gasteiger partial charge in [-0.25, -0.2) is 0 Å². The first-order valence-corrected chi connectivity index (χ1v) is 11.1. The molecule has 1 amide bonds. The van der Waals surface area contributed by atoms with E-state index >= 15 is 0 Å². The molecule has 3 aromatic rings. The summed E-state index contributed by atoms with van der Waals surface area (Å²) < 4.78 is 10.4. The van der Waals surface area contributed by atoms with Gasteiger partial charge in [-0.15, -0.1) is 0 Å². The third-order valence-electron chi connectivity index (χ3n) is 5.63. The molecule has 1 saturated heterocycles. The standard InChI is InChI=1S/C26H21Cl2NO5/c1-14-5-4-6-15(11-14)22-21(23(30)16-12-19(27)25(34-3)20(28)13-16)24(31)26(32)29(22)17-7-9-18(33-2)10-8-17/h4-13,22,30H,1-3H3/b23-21+. The number of ether oxygens (including phenoxy) is 2. The summed E-state index contributed by atoms with van der Waals surface area (Å²) in [4.78, 5) is 27.9. The number of aliphatic hydroxyl groups is 1. The summed E-state index contributed by atoms with van der Waals surface area (Å²) in [6, 6.07) is 16.2. The number of Topliss-reactive ketones (excluding diaryl/α,β-unsaturated/α-hetero) is 1. The number of ketones is 1. The molecule has 1 N–H and O–H groups in total. The van der Waals surface area contributed by atoms with Gasteiger partial charge in [-0.05, 0) is 48.9 Å². The number of nitrogens with zero attached hydrogens (tertiary/aromatic N) is 1. The minimum absolute atomic E-state index is 0.0660. The lowest BCUT2D eigenvalue weighted by atomic mass is 9.94. The quantitative estimate of drug-likeness (QED) is 0.268. The van der Waals surface area contributed by atoms with Crippen molar-refractivity contribution < 1.29 is 24.2 Å². The molecule has 0 saturated carbocycles. The van der Waals surface area contributed by atoms with E-state index in [1.54, 1.807) is 37.4 Å². The molecular weight excluding hydrogens is 477 g/mol. The Labute approximate surface area is 206 Å². The molecule has 4 rings (SSSR count). The van der Waals surface area contributed by atoms with Crippen molar-refractivity contribution in [2.45, 2.75) is 13.0 Å². The maximum Gasteiger partial charge on any atom is 0.300 e. The summed E-state index contributed by atoms with van der Waals surface area (Å²) in [6.07, 6.45) is 0. The van der Waals surface area contributed by atoms with E-state index in [4.69, 9.17) is 32.7 Å². The second-order valence-corrected chi connectivity index (χ2v) is 8.57. The van der Waals surface area contributed by atoms with Gasteiger partial charge in [0.1, 0.15) is 11.5 Å². The first-order chi connectivity index (χ1) is 16.3. The predicted molar refractivity (Wildman–Crippen MR) is 132 cm³/mol. The molecule has 1 fully saturated rings. The molecule has 3 aromatic carbocycles. The highest BCUT2D eigenvalue weighted by atomic mass is 35.5. The molecule has 174 valence electrons. The van der Waals surface area contributed by atoms with Gasteiger partial charge in [0.15, 0.2) is 5.75 Å². The fourth-order valence-corrected chi connectivity index (χ4v) is 4.69. The van der Waals surface area contributed by atoms with Crippen LogP contribution in [0.1, 0.15) is 22.7 Å².